The molecule has 3 fully saturated rings. The lowest BCUT2D eigenvalue weighted by Crippen LogP contribution is -2.67. The molecule has 2 aliphatic carbocycles. The van der Waals surface area contributed by atoms with Gasteiger partial charge in [0, 0.05) is 24.0 Å². The number of cyclic esters (lactones) is 2. The van der Waals surface area contributed by atoms with E-state index in [9.17, 15) is 14.4 Å². The maximum absolute atomic E-state index is 13.1. The van der Waals surface area contributed by atoms with Crippen molar-refractivity contribution < 1.29 is 38.1 Å². The van der Waals surface area contributed by atoms with Crippen molar-refractivity contribution in [2.45, 2.75) is 76.4 Å². The normalized spacial score (nSPS) is 46.8. The third-order valence-electron chi connectivity index (χ3n) is 9.23. The predicted molar refractivity (Wildman–Crippen MR) is 127 cm³/mol. The number of esters is 3. The maximum atomic E-state index is 13.1. The summed E-state index contributed by atoms with van der Waals surface area (Å²) >= 11 is 0. The number of carbonyl (C=O) groups is 3. The van der Waals surface area contributed by atoms with Crippen LogP contribution in [0.3, 0.4) is 0 Å². The van der Waals surface area contributed by atoms with Crippen molar-refractivity contribution in [1.82, 2.24) is 0 Å². The molecule has 8 atom stereocenters. The van der Waals surface area contributed by atoms with E-state index in [1.54, 1.807) is 0 Å². The Hall–Kier alpha value is -2.49. The lowest BCUT2D eigenvalue weighted by Gasteiger charge is -2.58. The molecular weight excluding hydrogens is 466 g/mol. The van der Waals surface area contributed by atoms with Crippen molar-refractivity contribution >= 4 is 17.9 Å². The molecule has 0 radical (unpaired) electrons. The van der Waals surface area contributed by atoms with Crippen molar-refractivity contribution in [1.29, 1.82) is 0 Å². The Labute approximate surface area is 211 Å². The third-order valence-corrected chi connectivity index (χ3v) is 9.23. The Balaban J connectivity index is 1.52. The zero-order chi connectivity index (χ0) is 25.7. The molecule has 36 heavy (non-hydrogen) atoms. The highest BCUT2D eigenvalue weighted by Crippen LogP contribution is 2.72. The van der Waals surface area contributed by atoms with Crippen molar-refractivity contribution in [3.05, 3.63) is 36.0 Å². The van der Waals surface area contributed by atoms with Gasteiger partial charge in [-0.1, -0.05) is 37.6 Å². The molecule has 0 aromatic rings. The van der Waals surface area contributed by atoms with Gasteiger partial charge < -0.3 is 29.4 Å². The van der Waals surface area contributed by atoms with E-state index in [2.05, 4.69) is 19.9 Å². The minimum Gasteiger partial charge on any atom is -0.464 e. The highest BCUT2D eigenvalue weighted by Gasteiger charge is 2.83. The molecule has 0 unspecified atom stereocenters. The molecule has 0 aromatic heterocycles. The van der Waals surface area contributed by atoms with Gasteiger partial charge in [-0.2, -0.15) is 0 Å². The second kappa shape index (κ2) is 9.11. The Kier molecular flexibility index (Phi) is 6.37. The van der Waals surface area contributed by atoms with Crippen molar-refractivity contribution in [3.63, 3.8) is 0 Å². The Bertz CT molecular complexity index is 1030. The Morgan fingerprint density at radius 2 is 1.75 bits per heavy atom. The zero-order valence-electron chi connectivity index (χ0n) is 21.1. The van der Waals surface area contributed by atoms with Crippen LogP contribution in [0.15, 0.2) is 36.0 Å². The summed E-state index contributed by atoms with van der Waals surface area (Å²) in [5.74, 6) is -1.84. The topological polar surface area (TPSA) is 127 Å². The monoisotopic (exact) mass is 501 g/mol. The van der Waals surface area contributed by atoms with Crippen LogP contribution >= 0.6 is 0 Å². The van der Waals surface area contributed by atoms with E-state index in [0.29, 0.717) is 25.9 Å². The van der Waals surface area contributed by atoms with Gasteiger partial charge in [0.15, 0.2) is 0 Å². The van der Waals surface area contributed by atoms with E-state index >= 15 is 0 Å². The van der Waals surface area contributed by atoms with Crippen LogP contribution in [0.1, 0.15) is 46.5 Å². The fraction of sp³-hybridized carbons (Fsp3) is 0.667. The highest BCUT2D eigenvalue weighted by atomic mass is 16.6. The number of epoxide rings is 1. The van der Waals surface area contributed by atoms with E-state index in [1.807, 2.05) is 6.92 Å². The van der Waals surface area contributed by atoms with Gasteiger partial charge in [0.05, 0.1) is 30.8 Å². The summed E-state index contributed by atoms with van der Waals surface area (Å²) in [6.07, 6.45) is 8.93. The maximum Gasteiger partial charge on any atom is 0.331 e. The number of hydrogen-bond donors (Lipinski definition) is 1. The highest BCUT2D eigenvalue weighted by molar-refractivity contribution is 5.84. The first-order valence-corrected chi connectivity index (χ1v) is 12.7. The van der Waals surface area contributed by atoms with Gasteiger partial charge in [0.25, 0.3) is 0 Å². The van der Waals surface area contributed by atoms with Crippen molar-refractivity contribution in [2.75, 3.05) is 19.8 Å². The molecule has 3 heterocycles. The van der Waals surface area contributed by atoms with Crippen LogP contribution in [0.25, 0.3) is 0 Å². The average Bonchev–Trinajstić information content (AvgIpc) is 3.62. The molecule has 2 spiro atoms. The molecule has 9 heteroatoms. The van der Waals surface area contributed by atoms with Gasteiger partial charge in [-0.05, 0) is 32.1 Å². The molecule has 196 valence electrons. The summed E-state index contributed by atoms with van der Waals surface area (Å²) in [6.45, 7) is 6.70. The summed E-state index contributed by atoms with van der Waals surface area (Å²) in [6, 6.07) is -0.870. The third kappa shape index (κ3) is 3.83. The van der Waals surface area contributed by atoms with Crippen LogP contribution in [0.4, 0.5) is 0 Å². The molecule has 2 N–H and O–H groups in total. The van der Waals surface area contributed by atoms with Gasteiger partial charge in [-0.25, -0.2) is 9.59 Å². The molecule has 5 rings (SSSR count). The van der Waals surface area contributed by atoms with Crippen LogP contribution in [0.5, 0.6) is 0 Å². The molecule has 5 aliphatic rings. The number of carbonyl (C=O) groups excluding carboxylic acids is 3. The molecule has 3 aliphatic heterocycles. The fourth-order valence-electron chi connectivity index (χ4n) is 6.68. The van der Waals surface area contributed by atoms with E-state index in [1.165, 1.54) is 29.9 Å². The summed E-state index contributed by atoms with van der Waals surface area (Å²) in [5.41, 5.74) is 5.57. The van der Waals surface area contributed by atoms with E-state index < -0.39 is 46.5 Å². The van der Waals surface area contributed by atoms with Gasteiger partial charge in [-0.3, -0.25) is 4.79 Å². The first kappa shape index (κ1) is 25.2. The van der Waals surface area contributed by atoms with Crippen LogP contribution in [-0.4, -0.2) is 67.7 Å². The number of rotatable bonds is 0. The lowest BCUT2D eigenvalue weighted by molar-refractivity contribution is -0.233. The van der Waals surface area contributed by atoms with E-state index in [-0.39, 0.29) is 31.3 Å². The van der Waals surface area contributed by atoms with Crippen LogP contribution in [0.2, 0.25) is 0 Å². The smallest absolute Gasteiger partial charge is 0.331 e. The number of hydrogen-bond acceptors (Lipinski definition) is 9. The minimum atomic E-state index is -0.870. The largest absolute Gasteiger partial charge is 0.464 e. The van der Waals surface area contributed by atoms with Crippen LogP contribution in [-0.2, 0) is 38.1 Å². The van der Waals surface area contributed by atoms with Gasteiger partial charge in [-0.15, -0.1) is 0 Å². The first-order valence-electron chi connectivity index (χ1n) is 12.7. The summed E-state index contributed by atoms with van der Waals surface area (Å²) in [5, 5.41) is 0. The standard InChI is InChI=1S/C27H35NO8/c1-16-8-10-26-14-33-24(31)23(28)17(2)9-11-32-21(29)6-4-5-7-22(30)36-18-13-20(35-19(26)12-16)27(15-34-27)25(18,26)3/h4-7,12,17-20,23H,8-11,13-15,28H2,1-3H3/b6-4+,7-5-/t17-,18-,19-,20-,23-,25-,26-,27+/m1/s1. The zero-order valence-corrected chi connectivity index (χ0v) is 21.1. The second-order valence-electron chi connectivity index (χ2n) is 11.0. The Morgan fingerprint density at radius 1 is 1.03 bits per heavy atom. The average molecular weight is 502 g/mol. The quantitative estimate of drug-likeness (QED) is 0.230. The first-order chi connectivity index (χ1) is 17.1. The molecule has 0 aromatic carbocycles. The summed E-state index contributed by atoms with van der Waals surface area (Å²) in [7, 11) is 0. The molecule has 9 nitrogen and oxygen atoms in total. The van der Waals surface area contributed by atoms with Gasteiger partial charge >= 0.3 is 17.9 Å². The Morgan fingerprint density at radius 3 is 2.47 bits per heavy atom. The molecule has 0 amide bonds. The molecule has 2 bridgehead atoms. The lowest BCUT2D eigenvalue weighted by atomic mass is 9.51. The van der Waals surface area contributed by atoms with E-state index in [0.717, 1.165) is 6.42 Å². The minimum absolute atomic E-state index is 0.0800. The number of ether oxygens (including phenoxy) is 5. The van der Waals surface area contributed by atoms with E-state index in [4.69, 9.17) is 29.4 Å². The van der Waals surface area contributed by atoms with Gasteiger partial charge in [0.1, 0.15) is 24.4 Å². The molecular formula is C27H35NO8. The summed E-state index contributed by atoms with van der Waals surface area (Å²) < 4.78 is 29.8. The molecule has 2 saturated heterocycles. The van der Waals surface area contributed by atoms with Crippen molar-refractivity contribution in [2.24, 2.45) is 22.5 Å². The SMILES string of the molecule is CC1=C[C@H]2O[C@@H]3C[C@H]4OC(=O)/C=C\C=C\C(=O)OCC[C@@H](C)[C@@H](N)C(=O)OC[C@@]2(CC1)[C@]4(C)[C@]31CO1. The fourth-order valence-corrected chi connectivity index (χ4v) is 6.68. The second-order valence-corrected chi connectivity index (χ2v) is 11.0. The van der Waals surface area contributed by atoms with Crippen LogP contribution < -0.4 is 5.73 Å². The summed E-state index contributed by atoms with van der Waals surface area (Å²) in [4.78, 5) is 37.8. The predicted octanol–water partition coefficient (Wildman–Crippen LogP) is 2.14. The molecule has 1 saturated carbocycles. The number of allylic oxidation sites excluding steroid dienone is 3. The van der Waals surface area contributed by atoms with Gasteiger partial charge in [0.2, 0.25) is 0 Å². The van der Waals surface area contributed by atoms with Crippen LogP contribution in [0, 0.1) is 16.7 Å². The van der Waals surface area contributed by atoms with Crippen molar-refractivity contribution in [3.8, 4) is 0 Å². The number of nitrogens with two attached hydrogens (primary N) is 1.